The van der Waals surface area contributed by atoms with Crippen LogP contribution in [0.15, 0.2) is 65.8 Å². The predicted molar refractivity (Wildman–Crippen MR) is 90.8 cm³/mol. The fourth-order valence-corrected chi connectivity index (χ4v) is 3.04. The zero-order valence-electron chi connectivity index (χ0n) is 12.9. The first kappa shape index (κ1) is 15.4. The summed E-state index contributed by atoms with van der Waals surface area (Å²) in [4.78, 5) is 9.07. The molecule has 2 aromatic heterocycles. The molecule has 23 heavy (non-hydrogen) atoms. The first-order valence-electron chi connectivity index (χ1n) is 7.14. The highest BCUT2D eigenvalue weighted by Crippen LogP contribution is 2.31. The number of sulfone groups is 1. The monoisotopic (exact) mass is 324 g/mol. The van der Waals surface area contributed by atoms with Crippen molar-refractivity contribution in [2.45, 2.75) is 11.8 Å². The number of aryl methyl sites for hydroxylation is 1. The molecule has 0 aliphatic heterocycles. The fraction of sp³-hybridized carbons (Fsp3) is 0.111. The summed E-state index contributed by atoms with van der Waals surface area (Å²) < 4.78 is 23.6. The molecule has 0 bridgehead atoms. The Morgan fingerprint density at radius 1 is 0.913 bits per heavy atom. The molecule has 0 amide bonds. The van der Waals surface area contributed by atoms with Crippen molar-refractivity contribution in [2.24, 2.45) is 0 Å². The van der Waals surface area contributed by atoms with Gasteiger partial charge in [-0.1, -0.05) is 18.2 Å². The van der Waals surface area contributed by atoms with Crippen LogP contribution in [0, 0.1) is 6.92 Å². The van der Waals surface area contributed by atoms with Gasteiger partial charge in [-0.15, -0.1) is 0 Å². The molecule has 0 aliphatic rings. The smallest absolute Gasteiger partial charge is 0.175 e. The average Bonchev–Trinajstić information content (AvgIpc) is 2.55. The van der Waals surface area contributed by atoms with Crippen molar-refractivity contribution in [3.8, 4) is 22.4 Å². The molecule has 0 atom stereocenters. The second-order valence-corrected chi connectivity index (χ2v) is 7.40. The molecule has 0 saturated heterocycles. The number of aromatic nitrogens is 2. The van der Waals surface area contributed by atoms with Gasteiger partial charge in [0.25, 0.3) is 0 Å². The summed E-state index contributed by atoms with van der Waals surface area (Å²) in [6.07, 6.45) is 4.71. The summed E-state index contributed by atoms with van der Waals surface area (Å²) in [7, 11) is -3.25. The molecule has 0 aliphatic carbocycles. The zero-order chi connectivity index (χ0) is 16.4. The van der Waals surface area contributed by atoms with Crippen LogP contribution in [0.4, 0.5) is 0 Å². The lowest BCUT2D eigenvalue weighted by molar-refractivity contribution is 0.602. The van der Waals surface area contributed by atoms with Crippen molar-refractivity contribution in [2.75, 3.05) is 6.26 Å². The summed E-state index contributed by atoms with van der Waals surface area (Å²) >= 11 is 0. The average molecular weight is 324 g/mol. The summed E-state index contributed by atoms with van der Waals surface area (Å²) in [5, 5.41) is 0. The third kappa shape index (κ3) is 3.29. The molecule has 0 N–H and O–H groups in total. The highest BCUT2D eigenvalue weighted by atomic mass is 32.2. The van der Waals surface area contributed by atoms with Crippen LogP contribution in [-0.4, -0.2) is 24.6 Å². The van der Waals surface area contributed by atoms with Gasteiger partial charge in [-0.2, -0.15) is 0 Å². The molecular formula is C18H16N2O2S. The number of rotatable bonds is 3. The molecular weight excluding hydrogens is 308 g/mol. The predicted octanol–water partition coefficient (Wildman–Crippen LogP) is 3.52. The first-order valence-corrected chi connectivity index (χ1v) is 9.03. The second kappa shape index (κ2) is 5.93. The van der Waals surface area contributed by atoms with Crippen LogP contribution in [-0.2, 0) is 9.84 Å². The van der Waals surface area contributed by atoms with E-state index in [1.807, 2.05) is 37.3 Å². The Morgan fingerprint density at radius 3 is 2.43 bits per heavy atom. The molecule has 0 saturated carbocycles. The third-order valence-corrected chi connectivity index (χ3v) is 4.68. The van der Waals surface area contributed by atoms with E-state index < -0.39 is 9.84 Å². The Labute approximate surface area is 135 Å². The molecule has 116 valence electrons. The minimum atomic E-state index is -3.25. The molecule has 0 unspecified atom stereocenters. The van der Waals surface area contributed by atoms with E-state index >= 15 is 0 Å². The Bertz CT molecular complexity index is 949. The maximum atomic E-state index is 11.8. The third-order valence-electron chi connectivity index (χ3n) is 3.57. The van der Waals surface area contributed by atoms with Gasteiger partial charge >= 0.3 is 0 Å². The van der Waals surface area contributed by atoms with Crippen LogP contribution < -0.4 is 0 Å². The van der Waals surface area contributed by atoms with Crippen molar-refractivity contribution in [3.63, 3.8) is 0 Å². The van der Waals surface area contributed by atoms with E-state index in [9.17, 15) is 8.42 Å². The van der Waals surface area contributed by atoms with Crippen LogP contribution in [0.1, 0.15) is 5.69 Å². The van der Waals surface area contributed by atoms with E-state index in [1.165, 1.54) is 6.26 Å². The summed E-state index contributed by atoms with van der Waals surface area (Å²) in [5.41, 5.74) is 4.31. The molecule has 1 aromatic carbocycles. The van der Waals surface area contributed by atoms with E-state index in [0.717, 1.165) is 28.1 Å². The summed E-state index contributed by atoms with van der Waals surface area (Å²) in [6.45, 7) is 1.93. The molecule has 5 heteroatoms. The maximum absolute atomic E-state index is 11.8. The van der Waals surface area contributed by atoms with Gasteiger partial charge in [0.15, 0.2) is 9.84 Å². The zero-order valence-corrected chi connectivity index (χ0v) is 13.7. The lowest BCUT2D eigenvalue weighted by atomic mass is 10.0. The van der Waals surface area contributed by atoms with Crippen molar-refractivity contribution in [1.29, 1.82) is 0 Å². The molecule has 3 aromatic rings. The molecule has 0 radical (unpaired) electrons. The summed E-state index contributed by atoms with van der Waals surface area (Å²) in [6, 6.07) is 14.6. The van der Waals surface area contributed by atoms with Crippen molar-refractivity contribution in [1.82, 2.24) is 9.97 Å². The van der Waals surface area contributed by atoms with Crippen molar-refractivity contribution in [3.05, 3.63) is 66.6 Å². The molecule has 0 fully saturated rings. The second-order valence-electron chi connectivity index (χ2n) is 5.39. The van der Waals surface area contributed by atoms with E-state index in [0.29, 0.717) is 4.90 Å². The minimum Gasteiger partial charge on any atom is -0.261 e. The Hall–Kier alpha value is -2.53. The van der Waals surface area contributed by atoms with Crippen LogP contribution in [0.2, 0.25) is 0 Å². The first-order chi connectivity index (χ1) is 10.9. The maximum Gasteiger partial charge on any atom is 0.175 e. The SMILES string of the molecule is Cc1ccc(-c2ncccc2-c2cccc(S(C)(=O)=O)c2)cn1. The number of hydrogen-bond donors (Lipinski definition) is 0. The van der Waals surface area contributed by atoms with Gasteiger partial charge in [-0.25, -0.2) is 8.42 Å². The number of pyridine rings is 2. The van der Waals surface area contributed by atoms with Gasteiger partial charge in [0.2, 0.25) is 0 Å². The normalized spacial score (nSPS) is 11.4. The van der Waals surface area contributed by atoms with E-state index in [1.54, 1.807) is 30.6 Å². The number of benzene rings is 1. The number of nitrogens with zero attached hydrogens (tertiary/aromatic N) is 2. The van der Waals surface area contributed by atoms with Gasteiger partial charge < -0.3 is 0 Å². The molecule has 2 heterocycles. The molecule has 4 nitrogen and oxygen atoms in total. The van der Waals surface area contributed by atoms with Gasteiger partial charge in [0, 0.05) is 35.5 Å². The Kier molecular flexibility index (Phi) is 3.96. The van der Waals surface area contributed by atoms with Crippen LogP contribution in [0.25, 0.3) is 22.4 Å². The fourth-order valence-electron chi connectivity index (χ4n) is 2.37. The largest absolute Gasteiger partial charge is 0.261 e. The summed E-state index contributed by atoms with van der Waals surface area (Å²) in [5.74, 6) is 0. The van der Waals surface area contributed by atoms with E-state index in [-0.39, 0.29) is 0 Å². The van der Waals surface area contributed by atoms with Gasteiger partial charge in [0.1, 0.15) is 0 Å². The topological polar surface area (TPSA) is 59.9 Å². The molecule has 0 spiro atoms. The molecule has 3 rings (SSSR count). The Balaban J connectivity index is 2.17. The minimum absolute atomic E-state index is 0.298. The van der Waals surface area contributed by atoms with E-state index in [4.69, 9.17) is 0 Å². The highest BCUT2D eigenvalue weighted by molar-refractivity contribution is 7.90. The Morgan fingerprint density at radius 2 is 1.74 bits per heavy atom. The van der Waals surface area contributed by atoms with Crippen LogP contribution >= 0.6 is 0 Å². The van der Waals surface area contributed by atoms with Crippen LogP contribution in [0.5, 0.6) is 0 Å². The van der Waals surface area contributed by atoms with Crippen LogP contribution in [0.3, 0.4) is 0 Å². The standard InChI is InChI=1S/C18H16N2O2S/c1-13-8-9-15(12-20-13)18-17(7-4-10-19-18)14-5-3-6-16(11-14)23(2,21)22/h3-12H,1-2H3. The number of hydrogen-bond acceptors (Lipinski definition) is 4. The lowest BCUT2D eigenvalue weighted by Crippen LogP contribution is -1.97. The van der Waals surface area contributed by atoms with Gasteiger partial charge in [0.05, 0.1) is 10.6 Å². The lowest BCUT2D eigenvalue weighted by Gasteiger charge is -2.10. The van der Waals surface area contributed by atoms with Gasteiger partial charge in [-0.3, -0.25) is 9.97 Å². The van der Waals surface area contributed by atoms with Crippen molar-refractivity contribution >= 4 is 9.84 Å². The van der Waals surface area contributed by atoms with Gasteiger partial charge in [-0.05, 0) is 42.8 Å². The van der Waals surface area contributed by atoms with Crippen molar-refractivity contribution < 1.29 is 8.42 Å². The highest BCUT2D eigenvalue weighted by Gasteiger charge is 2.12. The quantitative estimate of drug-likeness (QED) is 0.739. The van der Waals surface area contributed by atoms with E-state index in [2.05, 4.69) is 9.97 Å².